The summed E-state index contributed by atoms with van der Waals surface area (Å²) in [5.41, 5.74) is 8.20. The van der Waals surface area contributed by atoms with E-state index >= 15 is 0 Å². The summed E-state index contributed by atoms with van der Waals surface area (Å²) < 4.78 is 2.18. The highest BCUT2D eigenvalue weighted by Crippen LogP contribution is 2.20. The molecular formula is C23H25N3OS. The van der Waals surface area contributed by atoms with E-state index in [1.165, 1.54) is 5.56 Å². The number of carbonyl (C=O) groups excluding carboxylic acids is 1. The molecule has 0 saturated heterocycles. The number of aromatic nitrogens is 1. The van der Waals surface area contributed by atoms with Crippen LogP contribution in [0.3, 0.4) is 0 Å². The fraction of sp³-hybridized carbons (Fsp3) is 0.217. The van der Waals surface area contributed by atoms with Crippen LogP contribution in [-0.2, 0) is 10.5 Å². The average molecular weight is 392 g/mol. The van der Waals surface area contributed by atoms with Crippen molar-refractivity contribution in [2.24, 2.45) is 5.10 Å². The van der Waals surface area contributed by atoms with E-state index in [1.807, 2.05) is 43.3 Å². The summed E-state index contributed by atoms with van der Waals surface area (Å²) in [6, 6.07) is 22.4. The summed E-state index contributed by atoms with van der Waals surface area (Å²) in [5, 5.41) is 4.00. The lowest BCUT2D eigenvalue weighted by atomic mass is 10.2. The molecule has 1 heterocycles. The van der Waals surface area contributed by atoms with Gasteiger partial charge >= 0.3 is 0 Å². The lowest BCUT2D eigenvalue weighted by molar-refractivity contribution is -0.120. The summed E-state index contributed by atoms with van der Waals surface area (Å²) in [4.78, 5) is 12.3. The zero-order valence-electron chi connectivity index (χ0n) is 16.4. The Labute approximate surface area is 170 Å². The molecule has 1 amide bonds. The predicted molar refractivity (Wildman–Crippen MR) is 118 cm³/mol. The van der Waals surface area contributed by atoms with Crippen molar-refractivity contribution in [3.05, 3.63) is 89.2 Å². The SMILES string of the molecule is Cc1cc(/C=N\NC(=O)[C@H](C)SCc2ccccc2)c(C)n1-c1ccccc1. The lowest BCUT2D eigenvalue weighted by Gasteiger charge is -2.09. The van der Waals surface area contributed by atoms with Crippen molar-refractivity contribution in [2.45, 2.75) is 31.8 Å². The summed E-state index contributed by atoms with van der Waals surface area (Å²) in [7, 11) is 0. The normalized spacial score (nSPS) is 12.2. The van der Waals surface area contributed by atoms with E-state index in [2.05, 4.69) is 59.3 Å². The molecule has 0 bridgehead atoms. The number of amides is 1. The van der Waals surface area contributed by atoms with E-state index in [0.717, 1.165) is 28.4 Å². The number of aryl methyl sites for hydroxylation is 1. The molecule has 1 N–H and O–H groups in total. The minimum absolute atomic E-state index is 0.0888. The first-order chi connectivity index (χ1) is 13.6. The van der Waals surface area contributed by atoms with Crippen molar-refractivity contribution in [3.63, 3.8) is 0 Å². The summed E-state index contributed by atoms with van der Waals surface area (Å²) in [6.07, 6.45) is 1.72. The van der Waals surface area contributed by atoms with E-state index in [0.29, 0.717) is 0 Å². The molecule has 4 nitrogen and oxygen atoms in total. The summed E-state index contributed by atoms with van der Waals surface area (Å²) in [6.45, 7) is 6.03. The first-order valence-corrected chi connectivity index (χ1v) is 10.3. The molecule has 144 valence electrons. The maximum absolute atomic E-state index is 12.3. The van der Waals surface area contributed by atoms with Crippen molar-refractivity contribution in [3.8, 4) is 5.69 Å². The van der Waals surface area contributed by atoms with Gasteiger partial charge in [0.25, 0.3) is 5.91 Å². The summed E-state index contributed by atoms with van der Waals surface area (Å²) in [5.74, 6) is 0.714. The number of carbonyl (C=O) groups is 1. The molecule has 0 saturated carbocycles. The molecule has 3 aromatic rings. The maximum atomic E-state index is 12.3. The van der Waals surface area contributed by atoms with Crippen molar-refractivity contribution >= 4 is 23.9 Å². The number of nitrogens with one attached hydrogen (secondary N) is 1. The van der Waals surface area contributed by atoms with E-state index < -0.39 is 0 Å². The number of para-hydroxylation sites is 1. The van der Waals surface area contributed by atoms with Gasteiger partial charge in [0.1, 0.15) is 0 Å². The van der Waals surface area contributed by atoms with Crippen LogP contribution in [-0.4, -0.2) is 21.9 Å². The lowest BCUT2D eigenvalue weighted by Crippen LogP contribution is -2.27. The Hall–Kier alpha value is -2.79. The third-order valence-corrected chi connectivity index (χ3v) is 5.79. The van der Waals surface area contributed by atoms with Crippen LogP contribution >= 0.6 is 11.8 Å². The standard InChI is InChI=1S/C23H25N3OS/c1-17-14-21(18(2)26(17)22-12-8-5-9-13-22)15-24-25-23(27)19(3)28-16-20-10-6-4-7-11-20/h4-15,19H,16H2,1-3H3,(H,25,27)/b24-15-/t19-/m0/s1. The van der Waals surface area contributed by atoms with Crippen LogP contribution in [0.4, 0.5) is 0 Å². The Morgan fingerprint density at radius 3 is 2.43 bits per heavy atom. The molecule has 0 aliphatic carbocycles. The van der Waals surface area contributed by atoms with Gasteiger partial charge in [-0.25, -0.2) is 5.43 Å². The largest absolute Gasteiger partial charge is 0.318 e. The van der Waals surface area contributed by atoms with Gasteiger partial charge in [0.05, 0.1) is 11.5 Å². The van der Waals surface area contributed by atoms with Crippen LogP contribution in [0.25, 0.3) is 5.69 Å². The van der Waals surface area contributed by atoms with Crippen LogP contribution in [0, 0.1) is 13.8 Å². The van der Waals surface area contributed by atoms with Gasteiger partial charge in [-0.05, 0) is 44.5 Å². The van der Waals surface area contributed by atoms with Gasteiger partial charge in [0, 0.05) is 28.4 Å². The van der Waals surface area contributed by atoms with Gasteiger partial charge in [0.2, 0.25) is 0 Å². The van der Waals surface area contributed by atoms with Crippen LogP contribution < -0.4 is 5.43 Å². The molecular weight excluding hydrogens is 366 g/mol. The van der Waals surface area contributed by atoms with Crippen molar-refractivity contribution in [2.75, 3.05) is 0 Å². The third kappa shape index (κ3) is 4.93. The fourth-order valence-electron chi connectivity index (χ4n) is 3.02. The molecule has 0 aliphatic heterocycles. The summed E-state index contributed by atoms with van der Waals surface area (Å²) >= 11 is 1.60. The van der Waals surface area contributed by atoms with Crippen molar-refractivity contribution in [1.29, 1.82) is 0 Å². The molecule has 0 fully saturated rings. The highest BCUT2D eigenvalue weighted by atomic mass is 32.2. The Balaban J connectivity index is 1.59. The van der Waals surface area contributed by atoms with Crippen LogP contribution in [0.5, 0.6) is 0 Å². The Kier molecular flexibility index (Phi) is 6.71. The van der Waals surface area contributed by atoms with E-state index in [9.17, 15) is 4.79 Å². The monoisotopic (exact) mass is 391 g/mol. The predicted octanol–water partition coefficient (Wildman–Crippen LogP) is 4.87. The number of thioether (sulfide) groups is 1. The van der Waals surface area contributed by atoms with Gasteiger partial charge in [-0.3, -0.25) is 4.79 Å². The van der Waals surface area contributed by atoms with Crippen LogP contribution in [0.1, 0.15) is 29.4 Å². The molecule has 0 spiro atoms. The second kappa shape index (κ2) is 9.42. The number of nitrogens with zero attached hydrogens (tertiary/aromatic N) is 2. The van der Waals surface area contributed by atoms with Crippen LogP contribution in [0.15, 0.2) is 71.8 Å². The highest BCUT2D eigenvalue weighted by Gasteiger charge is 2.13. The van der Waals surface area contributed by atoms with E-state index in [-0.39, 0.29) is 11.2 Å². The molecule has 0 radical (unpaired) electrons. The van der Waals surface area contributed by atoms with Crippen molar-refractivity contribution < 1.29 is 4.79 Å². The zero-order valence-corrected chi connectivity index (χ0v) is 17.2. The van der Waals surface area contributed by atoms with Gasteiger partial charge in [0.15, 0.2) is 0 Å². The molecule has 0 unspecified atom stereocenters. The molecule has 1 atom stereocenters. The molecule has 5 heteroatoms. The second-order valence-corrected chi connectivity index (χ2v) is 8.00. The molecule has 2 aromatic carbocycles. The first kappa shape index (κ1) is 20.0. The topological polar surface area (TPSA) is 46.4 Å². The Morgan fingerprint density at radius 1 is 1.11 bits per heavy atom. The molecule has 28 heavy (non-hydrogen) atoms. The number of hydrogen-bond donors (Lipinski definition) is 1. The maximum Gasteiger partial charge on any atom is 0.252 e. The molecule has 3 rings (SSSR count). The Bertz CT molecular complexity index is 949. The van der Waals surface area contributed by atoms with Gasteiger partial charge in [-0.15, -0.1) is 11.8 Å². The van der Waals surface area contributed by atoms with Gasteiger partial charge in [-0.2, -0.15) is 5.10 Å². The quantitative estimate of drug-likeness (QED) is 0.461. The smallest absolute Gasteiger partial charge is 0.252 e. The van der Waals surface area contributed by atoms with E-state index in [1.54, 1.807) is 18.0 Å². The minimum atomic E-state index is -0.172. The van der Waals surface area contributed by atoms with Crippen molar-refractivity contribution in [1.82, 2.24) is 9.99 Å². The molecule has 0 aliphatic rings. The minimum Gasteiger partial charge on any atom is -0.318 e. The molecule has 1 aromatic heterocycles. The van der Waals surface area contributed by atoms with Gasteiger partial charge < -0.3 is 4.57 Å². The highest BCUT2D eigenvalue weighted by molar-refractivity contribution is 7.99. The van der Waals surface area contributed by atoms with Gasteiger partial charge in [-0.1, -0.05) is 48.5 Å². The first-order valence-electron chi connectivity index (χ1n) is 9.29. The second-order valence-electron chi connectivity index (χ2n) is 6.67. The number of hydrazone groups is 1. The van der Waals surface area contributed by atoms with E-state index in [4.69, 9.17) is 0 Å². The number of rotatable bonds is 7. The zero-order chi connectivity index (χ0) is 19.9. The average Bonchev–Trinajstić information content (AvgIpc) is 3.00. The Morgan fingerprint density at radius 2 is 1.75 bits per heavy atom. The number of hydrogen-bond acceptors (Lipinski definition) is 3. The fourth-order valence-corrected chi connectivity index (χ4v) is 3.86. The van der Waals surface area contributed by atoms with Crippen LogP contribution in [0.2, 0.25) is 0 Å². The number of benzene rings is 2. The third-order valence-electron chi connectivity index (χ3n) is 4.58.